The van der Waals surface area contributed by atoms with Crippen LogP contribution in [0.2, 0.25) is 10.0 Å². The van der Waals surface area contributed by atoms with E-state index in [4.69, 9.17) is 28.3 Å². The maximum atomic E-state index is 12.5. The molecule has 0 fully saturated rings. The fourth-order valence-corrected chi connectivity index (χ4v) is 5.31. The Morgan fingerprint density at radius 3 is 2.61 bits per heavy atom. The summed E-state index contributed by atoms with van der Waals surface area (Å²) in [4.78, 5) is 17.2. The van der Waals surface area contributed by atoms with Crippen LogP contribution in [0.15, 0.2) is 42.5 Å². The molecule has 0 bridgehead atoms. The molecule has 28 heavy (non-hydrogen) atoms. The first kappa shape index (κ1) is 17.7. The number of nitrogens with zero attached hydrogens (tertiary/aromatic N) is 3. The summed E-state index contributed by atoms with van der Waals surface area (Å²) in [6.07, 6.45) is 0.267. The number of nitrogens with one attached hydrogen (secondary N) is 1. The molecule has 1 N–H and O–H groups in total. The summed E-state index contributed by atoms with van der Waals surface area (Å²) in [6.45, 7) is 1.93. The number of hydrogen-bond acceptors (Lipinski definition) is 4. The van der Waals surface area contributed by atoms with Crippen LogP contribution in [-0.4, -0.2) is 20.7 Å². The second kappa shape index (κ2) is 6.58. The average molecular weight is 429 g/mol. The second-order valence-electron chi connectivity index (χ2n) is 6.66. The number of thiazole rings is 1. The van der Waals surface area contributed by atoms with Gasteiger partial charge in [0, 0.05) is 27.9 Å². The summed E-state index contributed by atoms with van der Waals surface area (Å²) in [5.74, 6) is 0.276. The molecule has 4 aromatic rings. The predicted octanol–water partition coefficient (Wildman–Crippen LogP) is 5.57. The predicted molar refractivity (Wildman–Crippen MR) is 113 cm³/mol. The number of anilines is 1. The number of aryl methyl sites for hydroxylation is 1. The van der Waals surface area contributed by atoms with Gasteiger partial charge >= 0.3 is 0 Å². The third kappa shape index (κ3) is 2.71. The number of benzene rings is 2. The van der Waals surface area contributed by atoms with Crippen LogP contribution in [0, 0.1) is 6.92 Å². The molecule has 0 radical (unpaired) electrons. The number of fused-ring (bicyclic) bond motifs is 2. The molecule has 8 heteroatoms. The van der Waals surface area contributed by atoms with Crippen LogP contribution in [0.25, 0.3) is 15.3 Å². The largest absolute Gasteiger partial charge is 0.310 e. The molecule has 0 saturated carbocycles. The van der Waals surface area contributed by atoms with Crippen molar-refractivity contribution in [1.29, 1.82) is 0 Å². The Morgan fingerprint density at radius 1 is 1.11 bits per heavy atom. The van der Waals surface area contributed by atoms with Gasteiger partial charge < -0.3 is 5.32 Å². The SMILES string of the molecule is Cc1nn(-c2nc3ccccc3s2)c2c1[C@@H](c1c(Cl)cccc1Cl)CC(=O)N2. The topological polar surface area (TPSA) is 59.8 Å². The summed E-state index contributed by atoms with van der Waals surface area (Å²) >= 11 is 14.4. The Bertz CT molecular complexity index is 1190. The summed E-state index contributed by atoms with van der Waals surface area (Å²) < 4.78 is 2.77. The van der Waals surface area contributed by atoms with Crippen molar-refractivity contribution in [3.05, 3.63) is 69.3 Å². The van der Waals surface area contributed by atoms with Crippen molar-refractivity contribution in [2.24, 2.45) is 0 Å². The van der Waals surface area contributed by atoms with Gasteiger partial charge in [-0.05, 0) is 36.8 Å². The molecule has 140 valence electrons. The van der Waals surface area contributed by atoms with Crippen molar-refractivity contribution < 1.29 is 4.79 Å². The van der Waals surface area contributed by atoms with Crippen molar-refractivity contribution in [1.82, 2.24) is 14.8 Å². The lowest BCUT2D eigenvalue weighted by molar-refractivity contribution is -0.116. The second-order valence-corrected chi connectivity index (χ2v) is 8.49. The normalized spacial score (nSPS) is 16.2. The molecule has 1 atom stereocenters. The Labute approximate surface area is 174 Å². The molecule has 0 spiro atoms. The van der Waals surface area contributed by atoms with E-state index in [1.807, 2.05) is 31.2 Å². The van der Waals surface area contributed by atoms with Crippen LogP contribution < -0.4 is 5.32 Å². The standard InChI is InChI=1S/C20H14Cl2N4OS/c1-10-17-11(18-12(21)5-4-6-13(18)22)9-16(27)24-19(17)26(25-10)20-23-14-7-2-3-8-15(14)28-20/h2-8,11H,9H2,1H3,(H,24,27)/t11-/m0/s1. The minimum atomic E-state index is -0.256. The first-order valence-corrected chi connectivity index (χ1v) is 10.3. The molecule has 1 amide bonds. The smallest absolute Gasteiger partial charge is 0.226 e. The number of rotatable bonds is 2. The van der Waals surface area contributed by atoms with Gasteiger partial charge in [0.25, 0.3) is 0 Å². The third-order valence-electron chi connectivity index (χ3n) is 4.91. The van der Waals surface area contributed by atoms with E-state index in [0.717, 1.165) is 27.0 Å². The maximum absolute atomic E-state index is 12.5. The summed E-state index contributed by atoms with van der Waals surface area (Å²) in [5, 5.41) is 9.46. The van der Waals surface area contributed by atoms with Gasteiger partial charge in [-0.15, -0.1) is 0 Å². The number of carbonyl (C=O) groups is 1. The minimum Gasteiger partial charge on any atom is -0.310 e. The highest BCUT2D eigenvalue weighted by atomic mass is 35.5. The van der Waals surface area contributed by atoms with Gasteiger partial charge in [0.1, 0.15) is 5.82 Å². The summed E-state index contributed by atoms with van der Waals surface area (Å²) in [5.41, 5.74) is 3.40. The van der Waals surface area contributed by atoms with E-state index in [1.165, 1.54) is 11.3 Å². The highest BCUT2D eigenvalue weighted by Crippen LogP contribution is 2.45. The van der Waals surface area contributed by atoms with E-state index in [9.17, 15) is 4.79 Å². The molecule has 2 aromatic heterocycles. The van der Waals surface area contributed by atoms with Gasteiger partial charge in [-0.25, -0.2) is 4.98 Å². The van der Waals surface area contributed by atoms with E-state index in [1.54, 1.807) is 22.9 Å². The van der Waals surface area contributed by atoms with Gasteiger partial charge in [-0.3, -0.25) is 4.79 Å². The van der Waals surface area contributed by atoms with E-state index in [0.29, 0.717) is 21.0 Å². The summed E-state index contributed by atoms with van der Waals surface area (Å²) in [6, 6.07) is 13.3. The monoisotopic (exact) mass is 428 g/mol. The van der Waals surface area contributed by atoms with Crippen molar-refractivity contribution in [2.75, 3.05) is 5.32 Å². The Balaban J connectivity index is 1.72. The summed E-state index contributed by atoms with van der Waals surface area (Å²) in [7, 11) is 0. The van der Waals surface area contributed by atoms with E-state index >= 15 is 0 Å². The number of hydrogen-bond donors (Lipinski definition) is 1. The zero-order valence-corrected chi connectivity index (χ0v) is 17.1. The fraction of sp³-hybridized carbons (Fsp3) is 0.150. The van der Waals surface area contributed by atoms with Crippen molar-refractivity contribution >= 4 is 56.5 Å². The first-order valence-electron chi connectivity index (χ1n) is 8.72. The number of para-hydroxylation sites is 1. The van der Waals surface area contributed by atoms with Crippen LogP contribution in [0.5, 0.6) is 0 Å². The Hall–Kier alpha value is -2.41. The number of aromatic nitrogens is 3. The molecule has 1 aliphatic rings. The molecule has 3 heterocycles. The first-order chi connectivity index (χ1) is 13.5. The van der Waals surface area contributed by atoms with Crippen molar-refractivity contribution in [3.8, 4) is 5.13 Å². The van der Waals surface area contributed by atoms with Crippen molar-refractivity contribution in [3.63, 3.8) is 0 Å². The van der Waals surface area contributed by atoms with Gasteiger partial charge in [0.05, 0.1) is 15.9 Å². The van der Waals surface area contributed by atoms with Crippen LogP contribution in [0.1, 0.15) is 29.2 Å². The molecule has 5 rings (SSSR count). The third-order valence-corrected chi connectivity index (χ3v) is 6.59. The quantitative estimate of drug-likeness (QED) is 0.453. The lowest BCUT2D eigenvalue weighted by Crippen LogP contribution is -2.25. The average Bonchev–Trinajstić information content (AvgIpc) is 3.22. The molecule has 0 saturated heterocycles. The number of amides is 1. The number of carbonyl (C=O) groups excluding carboxylic acids is 1. The Morgan fingerprint density at radius 2 is 1.86 bits per heavy atom. The number of halogens is 2. The molecule has 0 aliphatic carbocycles. The van der Waals surface area contributed by atoms with Crippen LogP contribution in [0.4, 0.5) is 5.82 Å². The molecule has 2 aromatic carbocycles. The van der Waals surface area contributed by atoms with E-state index < -0.39 is 0 Å². The van der Waals surface area contributed by atoms with E-state index in [-0.39, 0.29) is 18.2 Å². The zero-order chi connectivity index (χ0) is 19.4. The van der Waals surface area contributed by atoms with Crippen LogP contribution in [-0.2, 0) is 4.79 Å². The van der Waals surface area contributed by atoms with E-state index in [2.05, 4.69) is 10.3 Å². The Kier molecular flexibility index (Phi) is 4.16. The molecular formula is C20H14Cl2N4OS. The molecule has 1 aliphatic heterocycles. The molecule has 5 nitrogen and oxygen atoms in total. The highest BCUT2D eigenvalue weighted by molar-refractivity contribution is 7.20. The van der Waals surface area contributed by atoms with Gasteiger partial charge in [0.15, 0.2) is 0 Å². The van der Waals surface area contributed by atoms with Crippen LogP contribution in [0.3, 0.4) is 0 Å². The van der Waals surface area contributed by atoms with Gasteiger partial charge in [-0.1, -0.05) is 52.7 Å². The lowest BCUT2D eigenvalue weighted by atomic mass is 9.85. The molecule has 0 unspecified atom stereocenters. The van der Waals surface area contributed by atoms with Gasteiger partial charge in [0.2, 0.25) is 11.0 Å². The zero-order valence-electron chi connectivity index (χ0n) is 14.7. The van der Waals surface area contributed by atoms with Crippen LogP contribution >= 0.6 is 34.5 Å². The highest BCUT2D eigenvalue weighted by Gasteiger charge is 2.35. The van der Waals surface area contributed by atoms with Gasteiger partial charge in [-0.2, -0.15) is 9.78 Å². The maximum Gasteiger partial charge on any atom is 0.226 e. The molecular weight excluding hydrogens is 415 g/mol. The fourth-order valence-electron chi connectivity index (χ4n) is 3.73. The van der Waals surface area contributed by atoms with Crippen molar-refractivity contribution in [2.45, 2.75) is 19.3 Å². The lowest BCUT2D eigenvalue weighted by Gasteiger charge is -2.25. The minimum absolute atomic E-state index is 0.101.